The van der Waals surface area contributed by atoms with E-state index in [2.05, 4.69) is 67.2 Å². The normalized spacial score (nSPS) is 18.8. The Balaban J connectivity index is 0.000000135. The number of nitrogens with one attached hydrogen (secondary N) is 2. The van der Waals surface area contributed by atoms with Crippen LogP contribution in [0.25, 0.3) is 65.4 Å². The van der Waals surface area contributed by atoms with Gasteiger partial charge in [0.05, 0.1) is 78.8 Å². The zero-order valence-electron chi connectivity index (χ0n) is 58.7. The smallest absolute Gasteiger partial charge is 0.423 e. The molecule has 15 rings (SSSR count). The van der Waals surface area contributed by atoms with Crippen LogP contribution in [-0.4, -0.2) is 178 Å². The van der Waals surface area contributed by atoms with Gasteiger partial charge in [-0.2, -0.15) is 10.2 Å². The Morgan fingerprint density at radius 2 is 0.819 bits per heavy atom. The molecule has 10 aromatic rings. The summed E-state index contributed by atoms with van der Waals surface area (Å²) in [6.45, 7) is 16.5. The monoisotopic (exact) mass is 1570 g/mol. The maximum Gasteiger partial charge on any atom is 0.490 e. The molecule has 4 N–H and O–H groups in total. The Morgan fingerprint density at radius 1 is 0.457 bits per heavy atom. The molecule has 5 aromatic heterocycles. The molecule has 5 saturated heterocycles. The summed E-state index contributed by atoms with van der Waals surface area (Å²) in [6.07, 6.45) is 5.71. The molecule has 5 aliphatic rings. The molecule has 0 saturated carbocycles. The minimum absolute atomic E-state index is 0.0132. The van der Waals surface area contributed by atoms with Gasteiger partial charge >= 0.3 is 21.1 Å². The van der Waals surface area contributed by atoms with Crippen LogP contribution in [0, 0.1) is 0 Å². The summed E-state index contributed by atoms with van der Waals surface area (Å²) in [6, 6.07) is 32.1. The number of carbonyl (C=O) groups excluding carboxylic acids is 3. The highest BCUT2D eigenvalue weighted by Gasteiger charge is 2.64. The number of piperidine rings is 3. The number of aromatic nitrogens is 7. The van der Waals surface area contributed by atoms with E-state index in [0.717, 1.165) is 41.7 Å². The highest BCUT2D eigenvalue weighted by Crippen LogP contribution is 2.43. The first-order valence-corrected chi connectivity index (χ1v) is 35.5. The third-order valence-electron chi connectivity index (χ3n) is 19.9. The number of likely N-dealkylation sites (tertiary alicyclic amines) is 3. The minimum atomic E-state index is -2.70. The largest absolute Gasteiger partial charge is 0.490 e. The van der Waals surface area contributed by atoms with Crippen LogP contribution >= 0.6 is 31.9 Å². The van der Waals surface area contributed by atoms with Crippen molar-refractivity contribution in [3.63, 3.8) is 0 Å². The van der Waals surface area contributed by atoms with Crippen LogP contribution in [-0.2, 0) is 18.6 Å². The Labute approximate surface area is 617 Å². The van der Waals surface area contributed by atoms with Crippen molar-refractivity contribution in [2.24, 2.45) is 0 Å². The van der Waals surface area contributed by atoms with Crippen molar-refractivity contribution >= 4 is 130 Å². The van der Waals surface area contributed by atoms with Crippen LogP contribution in [0.4, 0.5) is 26.3 Å². The summed E-state index contributed by atoms with van der Waals surface area (Å²) in [5, 5.41) is 35.9. The standard InChI is InChI=1S/C23H18F2N4O2.C15H15BF2N2O3.C15H13BrF2N2O.C12H24B2O4.C8H5BrN2O/c24-23(25)6-8-29(9-7-23)22(31)17-11-15-2-1-3-18(20(15)26-12-17)14-4-5-19-16(10-14)13-27-28-21(19)30;17-15(18)4-6-20(7-5-15)14(21)11-8-10-2-1-3-12(16(22)23)13(10)19-9-11;16-12-3-1-2-10-8-11(9-19-13(10)12)14(21)20-6-4-15(17,18)5-7-20;1-9(2)10(3,4)16-13(15-9)14-17-11(5,6)12(7,8)18-14;9-6-1-2-7-5(3-6)4-10-11-8(7)12/h1-5,10-13H,6-9H2,(H,28,30);1-3,8-9,22-23H,4-7H2;1-3,8-9H,4-7H2;1-8H3;1-4H,(H,11,12). The van der Waals surface area contributed by atoms with Gasteiger partial charge < -0.3 is 43.4 Å². The molecule has 548 valence electrons. The molecule has 0 spiro atoms. The lowest BCUT2D eigenvalue weighted by molar-refractivity contribution is -0.0503. The number of para-hydroxylation sites is 3. The zero-order chi connectivity index (χ0) is 75.8. The van der Waals surface area contributed by atoms with Gasteiger partial charge in [-0.3, -0.25) is 38.9 Å². The fourth-order valence-corrected chi connectivity index (χ4v) is 13.1. The van der Waals surface area contributed by atoms with Crippen LogP contribution in [0.5, 0.6) is 0 Å². The van der Waals surface area contributed by atoms with Gasteiger partial charge in [-0.1, -0.05) is 70.5 Å². The Hall–Kier alpha value is -8.49. The second-order valence-corrected chi connectivity index (χ2v) is 30.0. The first kappa shape index (κ1) is 77.6. The van der Waals surface area contributed by atoms with E-state index in [9.17, 15) is 60.4 Å². The maximum atomic E-state index is 13.4. The van der Waals surface area contributed by atoms with Gasteiger partial charge in [0.2, 0.25) is 0 Å². The summed E-state index contributed by atoms with van der Waals surface area (Å²) in [5.74, 6) is -8.92. The summed E-state index contributed by atoms with van der Waals surface area (Å²) in [4.78, 5) is 77.9. The van der Waals surface area contributed by atoms with Crippen LogP contribution in [0.1, 0.15) is 125 Å². The number of carbonyl (C=O) groups is 3. The first-order chi connectivity index (χ1) is 49.4. The molecular weight excluding hydrogens is 1500 g/mol. The van der Waals surface area contributed by atoms with E-state index in [4.69, 9.17) is 18.6 Å². The fourth-order valence-electron chi connectivity index (χ4n) is 12.3. The molecule has 0 aliphatic carbocycles. The average molecular weight is 1570 g/mol. The molecule has 105 heavy (non-hydrogen) atoms. The quantitative estimate of drug-likeness (QED) is 0.0890. The van der Waals surface area contributed by atoms with E-state index in [1.165, 1.54) is 39.4 Å². The molecule has 10 heterocycles. The van der Waals surface area contributed by atoms with Gasteiger partial charge in [0.15, 0.2) is 0 Å². The first-order valence-electron chi connectivity index (χ1n) is 33.9. The SMILES string of the molecule is CC1(C)OB(B2OC(C)(C)C(C)(C)O2)OC1(C)C.O=C(c1cnc2c(-c3ccc4c(=O)[nH]ncc4c3)cccc2c1)N1CCC(F)(F)CC1.O=C(c1cnc2c(B(O)O)cccc2c1)N1CCC(F)(F)CC1.O=C(c1cnc2c(Br)cccc2c1)N1CCC(F)(F)CC1.O=c1[nH]ncc2cc(Br)ccc12. The predicted molar refractivity (Wildman–Crippen MR) is 397 cm³/mol. The summed E-state index contributed by atoms with van der Waals surface area (Å²) >= 11 is 6.72. The van der Waals surface area contributed by atoms with Gasteiger partial charge in [-0.05, 0) is 131 Å². The molecule has 3 amide bonds. The molecule has 0 unspecified atom stereocenters. The van der Waals surface area contributed by atoms with E-state index >= 15 is 0 Å². The Kier molecular flexibility index (Phi) is 22.7. The Morgan fingerprint density at radius 3 is 1.25 bits per heavy atom. The minimum Gasteiger partial charge on any atom is -0.423 e. The van der Waals surface area contributed by atoms with E-state index < -0.39 is 38.9 Å². The highest BCUT2D eigenvalue weighted by molar-refractivity contribution is 9.11. The lowest BCUT2D eigenvalue weighted by Crippen LogP contribution is -2.42. The Bertz CT molecular complexity index is 4970. The van der Waals surface area contributed by atoms with Crippen molar-refractivity contribution in [1.82, 2.24) is 50.0 Å². The average Bonchev–Trinajstić information content (AvgIpc) is 1.62. The van der Waals surface area contributed by atoms with Gasteiger partial charge in [0, 0.05) is 143 Å². The van der Waals surface area contributed by atoms with Gasteiger partial charge in [-0.25, -0.2) is 36.5 Å². The van der Waals surface area contributed by atoms with Crippen LogP contribution in [0.15, 0.2) is 159 Å². The number of benzene rings is 5. The number of fused-ring (bicyclic) bond motifs is 5. The summed E-state index contributed by atoms with van der Waals surface area (Å²) in [5.41, 5.74) is 3.13. The van der Waals surface area contributed by atoms with Gasteiger partial charge in [-0.15, -0.1) is 0 Å². The van der Waals surface area contributed by atoms with Crippen LogP contribution < -0.4 is 16.6 Å². The van der Waals surface area contributed by atoms with Crippen LogP contribution in [0.3, 0.4) is 0 Å². The molecular formula is C73H75B3Br2F6N10O11. The van der Waals surface area contributed by atoms with E-state index in [1.807, 2.05) is 116 Å². The van der Waals surface area contributed by atoms with Crippen molar-refractivity contribution in [1.29, 1.82) is 0 Å². The molecule has 5 fully saturated rings. The zero-order valence-corrected chi connectivity index (χ0v) is 61.8. The van der Waals surface area contributed by atoms with Crippen molar-refractivity contribution in [2.75, 3.05) is 39.3 Å². The molecule has 32 heteroatoms. The summed E-state index contributed by atoms with van der Waals surface area (Å²) in [7, 11) is -2.61. The van der Waals surface area contributed by atoms with Gasteiger partial charge in [0.25, 0.3) is 46.6 Å². The van der Waals surface area contributed by atoms with Crippen LogP contribution in [0.2, 0.25) is 0 Å². The number of hydrogen-bond donors (Lipinski definition) is 4. The van der Waals surface area contributed by atoms with Crippen molar-refractivity contribution < 1.29 is 69.4 Å². The topological polar surface area (TPSA) is 268 Å². The fraction of sp³-hybridized carbons (Fsp3) is 0.370. The lowest BCUT2D eigenvalue weighted by Gasteiger charge is -2.32. The second kappa shape index (κ2) is 30.8. The van der Waals surface area contributed by atoms with Crippen molar-refractivity contribution in [3.05, 3.63) is 187 Å². The third kappa shape index (κ3) is 17.8. The van der Waals surface area contributed by atoms with Crippen molar-refractivity contribution in [3.8, 4) is 11.1 Å². The van der Waals surface area contributed by atoms with Crippen molar-refractivity contribution in [2.45, 2.75) is 134 Å². The second-order valence-electron chi connectivity index (χ2n) is 28.3. The number of nitrogens with zero attached hydrogens (tertiary/aromatic N) is 8. The van der Waals surface area contributed by atoms with E-state index in [1.54, 1.807) is 54.9 Å². The van der Waals surface area contributed by atoms with E-state index in [0.29, 0.717) is 49.3 Å². The number of amides is 3. The number of aromatic amines is 2. The molecule has 21 nitrogen and oxygen atoms in total. The predicted octanol–water partition coefficient (Wildman–Crippen LogP) is 12.6. The molecule has 5 aromatic carbocycles. The number of alkyl halides is 6. The molecule has 5 aliphatic heterocycles. The number of pyridine rings is 3. The molecule has 0 atom stereocenters. The third-order valence-corrected chi connectivity index (χ3v) is 21.0. The molecule has 0 radical (unpaired) electrons. The maximum absolute atomic E-state index is 13.4. The lowest BCUT2D eigenvalue weighted by atomic mass is 9.49. The number of hydrogen-bond acceptors (Lipinski definition) is 16. The summed E-state index contributed by atoms with van der Waals surface area (Å²) < 4.78 is 105. The molecule has 0 bridgehead atoms. The van der Waals surface area contributed by atoms with E-state index in [-0.39, 0.29) is 135 Å². The highest BCUT2D eigenvalue weighted by atomic mass is 79.9. The number of halogens is 8. The van der Waals surface area contributed by atoms with Gasteiger partial charge in [0.1, 0.15) is 0 Å². The number of H-pyrrole nitrogens is 2. The number of rotatable bonds is 6.